The van der Waals surface area contributed by atoms with Crippen LogP contribution >= 0.6 is 0 Å². The van der Waals surface area contributed by atoms with Gasteiger partial charge in [-0.25, -0.2) is 19.4 Å². The van der Waals surface area contributed by atoms with E-state index in [2.05, 4.69) is 32.1 Å². The molecule has 190 valence electrons. The summed E-state index contributed by atoms with van der Waals surface area (Å²) in [5.74, 6) is 2.54. The number of benzene rings is 1. The lowest BCUT2D eigenvalue weighted by atomic mass is 9.71. The van der Waals surface area contributed by atoms with Gasteiger partial charge in [-0.1, -0.05) is 5.92 Å². The first-order valence-electron chi connectivity index (χ1n) is 10.6. The molecule has 4 rings (SSSR count). The van der Waals surface area contributed by atoms with Crippen LogP contribution < -0.4 is 15.8 Å². The minimum absolute atomic E-state index is 0.0744. The maximum atomic E-state index is 15.0. The molecule has 0 bridgehead atoms. The number of ether oxygens (including phenoxy) is 3. The predicted octanol–water partition coefficient (Wildman–Crippen LogP) is 2.78. The Morgan fingerprint density at radius 2 is 2.11 bits per heavy atom. The third-order valence-electron chi connectivity index (χ3n) is 6.05. The number of nitrogens with two attached hydrogens (primary N) is 1. The first-order valence-corrected chi connectivity index (χ1v) is 10.6. The van der Waals surface area contributed by atoms with Crippen molar-refractivity contribution in [3.63, 3.8) is 0 Å². The first kappa shape index (κ1) is 25.2. The number of carbonyl (C=O) groups excluding carboxylic acids is 1. The van der Waals surface area contributed by atoms with Crippen molar-refractivity contribution in [1.82, 2.24) is 9.97 Å². The van der Waals surface area contributed by atoms with Crippen molar-refractivity contribution < 1.29 is 36.6 Å². The number of aliphatic imine (C=N–C) groups is 1. The normalized spacial score (nSPS) is 25.1. The molecule has 0 radical (unpaired) electrons. The highest BCUT2D eigenvalue weighted by Gasteiger charge is 2.71. The quantitative estimate of drug-likeness (QED) is 0.472. The molecule has 13 heteroatoms. The number of anilines is 1. The van der Waals surface area contributed by atoms with Gasteiger partial charge in [-0.3, -0.25) is 4.79 Å². The zero-order valence-corrected chi connectivity index (χ0v) is 19.1. The third-order valence-corrected chi connectivity index (χ3v) is 6.05. The van der Waals surface area contributed by atoms with E-state index in [-0.39, 0.29) is 29.4 Å². The molecule has 2 aromatic rings. The van der Waals surface area contributed by atoms with Crippen LogP contribution in [0.25, 0.3) is 0 Å². The van der Waals surface area contributed by atoms with E-state index in [0.717, 1.165) is 6.07 Å². The molecule has 0 unspecified atom stereocenters. The number of halogens is 4. The second-order valence-electron chi connectivity index (χ2n) is 8.26. The van der Waals surface area contributed by atoms with Crippen LogP contribution in [0.2, 0.25) is 0 Å². The van der Waals surface area contributed by atoms with Crippen molar-refractivity contribution in [2.45, 2.75) is 31.2 Å². The number of hydrogen-bond acceptors (Lipinski definition) is 8. The highest BCUT2D eigenvalue weighted by molar-refractivity contribution is 6.02. The van der Waals surface area contributed by atoms with Gasteiger partial charge in [-0.15, -0.1) is 5.92 Å². The lowest BCUT2D eigenvalue weighted by Gasteiger charge is -2.46. The van der Waals surface area contributed by atoms with E-state index in [0.29, 0.717) is 0 Å². The van der Waals surface area contributed by atoms with E-state index in [9.17, 15) is 18.0 Å². The lowest BCUT2D eigenvalue weighted by molar-refractivity contribution is -0.274. The summed E-state index contributed by atoms with van der Waals surface area (Å²) in [6.45, 7) is 1.87. The topological polar surface area (TPSA) is 121 Å². The number of fused-ring (bicyclic) bond motifs is 1. The van der Waals surface area contributed by atoms with Gasteiger partial charge in [0.25, 0.3) is 11.9 Å². The summed E-state index contributed by atoms with van der Waals surface area (Å²) in [6.07, 6.45) is -2.46. The molecule has 3 atom stereocenters. The molecule has 2 aliphatic heterocycles. The van der Waals surface area contributed by atoms with Crippen LogP contribution in [0, 0.1) is 23.6 Å². The van der Waals surface area contributed by atoms with Crippen molar-refractivity contribution in [3.8, 4) is 17.7 Å². The van der Waals surface area contributed by atoms with E-state index >= 15 is 4.39 Å². The zero-order chi connectivity index (χ0) is 26.1. The number of alkyl halides is 3. The molecule has 3 heterocycles. The van der Waals surface area contributed by atoms with Crippen molar-refractivity contribution in [1.29, 1.82) is 0 Å². The number of rotatable bonds is 5. The van der Waals surface area contributed by atoms with Crippen LogP contribution in [-0.2, 0) is 15.0 Å². The van der Waals surface area contributed by atoms with Crippen LogP contribution in [0.15, 0.2) is 35.6 Å². The summed E-state index contributed by atoms with van der Waals surface area (Å²) >= 11 is 0. The standard InChI is InChI=1S/C23H21F4N5O4/c1-3-4-7-35-18-10-29-16(9-30-18)19(33)31-13-5-6-15(24)14(8-13)21(2)17-11-34-12-22(17,23(25,26)27)36-20(28)32-21/h5-6,8-10,17H,7,11-12H2,1-2H3,(H2,28,32)(H,31,33)/t17-,21-,22-/m1/s1. The zero-order valence-electron chi connectivity index (χ0n) is 19.1. The summed E-state index contributed by atoms with van der Waals surface area (Å²) in [5, 5.41) is 2.53. The highest BCUT2D eigenvalue weighted by atomic mass is 19.4. The predicted molar refractivity (Wildman–Crippen MR) is 118 cm³/mol. The Morgan fingerprint density at radius 1 is 1.33 bits per heavy atom. The number of aromatic nitrogens is 2. The van der Waals surface area contributed by atoms with E-state index < -0.39 is 54.2 Å². The Hall–Kier alpha value is -3.92. The summed E-state index contributed by atoms with van der Waals surface area (Å²) < 4.78 is 72.6. The first-order chi connectivity index (χ1) is 17.0. The smallest absolute Gasteiger partial charge is 0.431 e. The average molecular weight is 507 g/mol. The Labute approximate surface area is 203 Å². The molecule has 1 aromatic carbocycles. The number of hydrogen-bond donors (Lipinski definition) is 2. The molecule has 2 aliphatic rings. The molecule has 0 aliphatic carbocycles. The van der Waals surface area contributed by atoms with Crippen LogP contribution in [0.4, 0.5) is 23.2 Å². The molecule has 1 saturated heterocycles. The van der Waals surface area contributed by atoms with Crippen molar-refractivity contribution >= 4 is 17.6 Å². The average Bonchev–Trinajstić information content (AvgIpc) is 3.27. The molecule has 0 spiro atoms. The summed E-state index contributed by atoms with van der Waals surface area (Å²) in [7, 11) is 0. The molecule has 1 amide bonds. The summed E-state index contributed by atoms with van der Waals surface area (Å²) in [5.41, 5.74) is 0.830. The number of amidine groups is 1. The Morgan fingerprint density at radius 3 is 2.78 bits per heavy atom. The summed E-state index contributed by atoms with van der Waals surface area (Å²) in [4.78, 5) is 24.6. The second kappa shape index (κ2) is 9.27. The fraction of sp³-hybridized carbons (Fsp3) is 0.391. The molecule has 3 N–H and O–H groups in total. The van der Waals surface area contributed by atoms with Gasteiger partial charge in [0, 0.05) is 11.3 Å². The molecule has 0 saturated carbocycles. The number of carbonyl (C=O) groups is 1. The number of nitrogens with one attached hydrogen (secondary N) is 1. The van der Waals surface area contributed by atoms with Crippen molar-refractivity contribution in [2.24, 2.45) is 16.6 Å². The number of nitrogens with zero attached hydrogens (tertiary/aromatic N) is 3. The fourth-order valence-corrected chi connectivity index (χ4v) is 4.26. The maximum absolute atomic E-state index is 15.0. The molecule has 36 heavy (non-hydrogen) atoms. The summed E-state index contributed by atoms with van der Waals surface area (Å²) in [6, 6.07) is 2.72. The second-order valence-corrected chi connectivity index (χ2v) is 8.26. The Balaban J connectivity index is 1.62. The van der Waals surface area contributed by atoms with Gasteiger partial charge in [-0.05, 0) is 32.0 Å². The fourth-order valence-electron chi connectivity index (χ4n) is 4.26. The maximum Gasteiger partial charge on any atom is 0.431 e. The van der Waals surface area contributed by atoms with E-state index in [1.807, 2.05) is 0 Å². The van der Waals surface area contributed by atoms with Gasteiger partial charge in [0.2, 0.25) is 11.5 Å². The molecule has 9 nitrogen and oxygen atoms in total. The molecular weight excluding hydrogens is 486 g/mol. The van der Waals surface area contributed by atoms with Gasteiger partial charge in [0.15, 0.2) is 6.61 Å². The van der Waals surface area contributed by atoms with Gasteiger partial charge in [0.1, 0.15) is 17.1 Å². The molecular formula is C23H21F4N5O4. The van der Waals surface area contributed by atoms with Crippen LogP contribution in [-0.4, -0.2) is 53.5 Å². The highest BCUT2D eigenvalue weighted by Crippen LogP contribution is 2.54. The van der Waals surface area contributed by atoms with E-state index in [4.69, 9.17) is 19.9 Å². The number of amides is 1. The minimum atomic E-state index is -4.87. The third kappa shape index (κ3) is 4.39. The monoisotopic (exact) mass is 507 g/mol. The largest absolute Gasteiger partial charge is 0.463 e. The SMILES string of the molecule is CC#CCOc1cnc(C(=O)Nc2ccc(F)c([C@@]3(C)N=C(N)O[C@]4(C(F)(F)F)COC[C@H]34)c2)cn1. The molecule has 1 fully saturated rings. The van der Waals surface area contributed by atoms with E-state index in [1.54, 1.807) is 6.92 Å². The van der Waals surface area contributed by atoms with Gasteiger partial charge >= 0.3 is 6.18 Å². The Bertz CT molecular complexity index is 1260. The van der Waals surface area contributed by atoms with Crippen LogP contribution in [0.1, 0.15) is 29.9 Å². The minimum Gasteiger partial charge on any atom is -0.463 e. The van der Waals surface area contributed by atoms with Gasteiger partial charge in [-0.2, -0.15) is 13.2 Å². The van der Waals surface area contributed by atoms with Crippen molar-refractivity contribution in [3.05, 3.63) is 47.7 Å². The lowest BCUT2D eigenvalue weighted by Crippen LogP contribution is -2.63. The molecule has 1 aromatic heterocycles. The van der Waals surface area contributed by atoms with E-state index in [1.165, 1.54) is 31.5 Å². The van der Waals surface area contributed by atoms with Gasteiger partial charge in [0.05, 0.1) is 31.5 Å². The van der Waals surface area contributed by atoms with Gasteiger partial charge < -0.3 is 25.3 Å². The van der Waals surface area contributed by atoms with Crippen LogP contribution in [0.5, 0.6) is 5.88 Å². The Kier molecular flexibility index (Phi) is 6.48. The van der Waals surface area contributed by atoms with Crippen molar-refractivity contribution in [2.75, 3.05) is 25.1 Å². The van der Waals surface area contributed by atoms with Crippen LogP contribution in [0.3, 0.4) is 0 Å².